The zero-order valence-corrected chi connectivity index (χ0v) is 14.8. The van der Waals surface area contributed by atoms with E-state index in [1.54, 1.807) is 13.4 Å². The van der Waals surface area contributed by atoms with Gasteiger partial charge in [0.15, 0.2) is 0 Å². The molecule has 0 bridgehead atoms. The molecule has 0 unspecified atom stereocenters. The van der Waals surface area contributed by atoms with E-state index >= 15 is 0 Å². The summed E-state index contributed by atoms with van der Waals surface area (Å²) >= 11 is 0. The summed E-state index contributed by atoms with van der Waals surface area (Å²) in [5, 5.41) is 0. The van der Waals surface area contributed by atoms with Gasteiger partial charge in [-0.2, -0.15) is 0 Å². The van der Waals surface area contributed by atoms with Gasteiger partial charge in [0.1, 0.15) is 5.76 Å². The summed E-state index contributed by atoms with van der Waals surface area (Å²) in [5.74, 6) is 1.45. The second kappa shape index (κ2) is 8.67. The zero-order valence-electron chi connectivity index (χ0n) is 14.8. The van der Waals surface area contributed by atoms with Crippen molar-refractivity contribution in [1.29, 1.82) is 0 Å². The number of hydrogen-bond donors (Lipinski definition) is 0. The van der Waals surface area contributed by atoms with Crippen molar-refractivity contribution in [3.05, 3.63) is 24.2 Å². The minimum absolute atomic E-state index is 0.126. The molecule has 2 aliphatic rings. The molecule has 1 aromatic rings. The number of piperidine rings is 1. The molecule has 0 aliphatic carbocycles. The van der Waals surface area contributed by atoms with Crippen LogP contribution in [-0.4, -0.2) is 55.6 Å². The number of carbonyl (C=O) groups excluding carboxylic acids is 1. The highest BCUT2D eigenvalue weighted by molar-refractivity contribution is 5.79. The van der Waals surface area contributed by atoms with Crippen LogP contribution in [0.3, 0.4) is 0 Å². The van der Waals surface area contributed by atoms with E-state index in [0.29, 0.717) is 5.91 Å². The molecule has 3 rings (SSSR count). The van der Waals surface area contributed by atoms with E-state index in [0.717, 1.165) is 64.2 Å². The Bertz CT molecular complexity index is 495. The van der Waals surface area contributed by atoms with Crippen LogP contribution in [-0.2, 0) is 9.53 Å². The Morgan fingerprint density at radius 2 is 2.04 bits per heavy atom. The molecule has 1 amide bonds. The van der Waals surface area contributed by atoms with Crippen LogP contribution in [0.15, 0.2) is 22.8 Å². The Hall–Kier alpha value is -1.33. The molecule has 0 radical (unpaired) electrons. The summed E-state index contributed by atoms with van der Waals surface area (Å²) in [6, 6.07) is 4.07. The quantitative estimate of drug-likeness (QED) is 0.830. The van der Waals surface area contributed by atoms with E-state index in [1.165, 1.54) is 12.8 Å². The predicted molar refractivity (Wildman–Crippen MR) is 92.7 cm³/mol. The van der Waals surface area contributed by atoms with Crippen molar-refractivity contribution in [2.75, 3.05) is 39.9 Å². The molecular weight excluding hydrogens is 304 g/mol. The van der Waals surface area contributed by atoms with Gasteiger partial charge in [0.2, 0.25) is 5.91 Å². The van der Waals surface area contributed by atoms with Gasteiger partial charge in [0.05, 0.1) is 18.9 Å². The molecule has 3 heterocycles. The summed E-state index contributed by atoms with van der Waals surface area (Å²) in [6.45, 7) is 4.60. The monoisotopic (exact) mass is 334 g/mol. The number of ether oxygens (including phenoxy) is 1. The topological polar surface area (TPSA) is 45.9 Å². The largest absolute Gasteiger partial charge is 0.467 e. The fraction of sp³-hybridized carbons (Fsp3) is 0.737. The molecule has 0 N–H and O–H groups in total. The fourth-order valence-electron chi connectivity index (χ4n) is 4.01. The molecule has 5 nitrogen and oxygen atoms in total. The highest BCUT2D eigenvalue weighted by atomic mass is 16.5. The molecule has 0 saturated carbocycles. The lowest BCUT2D eigenvalue weighted by atomic mass is 9.94. The van der Waals surface area contributed by atoms with E-state index in [9.17, 15) is 4.79 Å². The highest BCUT2D eigenvalue weighted by Gasteiger charge is 2.34. The van der Waals surface area contributed by atoms with Crippen molar-refractivity contribution in [3.63, 3.8) is 0 Å². The van der Waals surface area contributed by atoms with E-state index in [4.69, 9.17) is 9.15 Å². The van der Waals surface area contributed by atoms with E-state index < -0.39 is 0 Å². The van der Waals surface area contributed by atoms with Crippen molar-refractivity contribution < 1.29 is 13.9 Å². The molecule has 134 valence electrons. The van der Waals surface area contributed by atoms with Crippen molar-refractivity contribution in [1.82, 2.24) is 9.80 Å². The highest BCUT2D eigenvalue weighted by Crippen LogP contribution is 2.33. The summed E-state index contributed by atoms with van der Waals surface area (Å²) in [6.07, 6.45) is 8.15. The molecule has 0 aromatic carbocycles. The molecular formula is C19H30N2O3. The lowest BCUT2D eigenvalue weighted by molar-refractivity contribution is -0.140. The maximum Gasteiger partial charge on any atom is 0.226 e. The molecule has 24 heavy (non-hydrogen) atoms. The first-order valence-electron chi connectivity index (χ1n) is 9.35. The first kappa shape index (κ1) is 17.5. The molecule has 0 spiro atoms. The molecule has 5 heteroatoms. The van der Waals surface area contributed by atoms with Crippen LogP contribution in [0.4, 0.5) is 0 Å². The number of hydrogen-bond acceptors (Lipinski definition) is 4. The third kappa shape index (κ3) is 4.19. The Kier molecular flexibility index (Phi) is 6.32. The van der Waals surface area contributed by atoms with Gasteiger partial charge in [0.25, 0.3) is 0 Å². The molecule has 2 aliphatic heterocycles. The third-order valence-corrected chi connectivity index (χ3v) is 5.46. The van der Waals surface area contributed by atoms with Gasteiger partial charge in [-0.15, -0.1) is 0 Å². The van der Waals surface area contributed by atoms with Gasteiger partial charge in [0, 0.05) is 26.1 Å². The molecule has 2 fully saturated rings. The maximum atomic E-state index is 13.2. The number of methoxy groups -OCH3 is 1. The Morgan fingerprint density at radius 1 is 1.21 bits per heavy atom. The number of amides is 1. The van der Waals surface area contributed by atoms with E-state index in [-0.39, 0.29) is 12.0 Å². The average Bonchev–Trinajstić information content (AvgIpc) is 3.04. The van der Waals surface area contributed by atoms with Crippen molar-refractivity contribution in [2.24, 2.45) is 5.92 Å². The average molecular weight is 334 g/mol. The second-order valence-corrected chi connectivity index (χ2v) is 7.02. The summed E-state index contributed by atoms with van der Waals surface area (Å²) < 4.78 is 10.8. The standard InChI is InChI=1S/C19H30N2O3/c1-23-15-13-20-11-8-16(9-12-20)19(22)21-10-4-2-3-6-17(21)18-7-5-14-24-18/h5,7,14,16-17H,2-4,6,8-13,15H2,1H3/t17-/m0/s1. The third-order valence-electron chi connectivity index (χ3n) is 5.46. The van der Waals surface area contributed by atoms with Gasteiger partial charge >= 0.3 is 0 Å². The molecule has 2 saturated heterocycles. The van der Waals surface area contributed by atoms with Gasteiger partial charge in [-0.25, -0.2) is 0 Å². The van der Waals surface area contributed by atoms with Gasteiger partial charge in [-0.1, -0.05) is 12.8 Å². The first-order valence-corrected chi connectivity index (χ1v) is 9.35. The first-order chi connectivity index (χ1) is 11.8. The van der Waals surface area contributed by atoms with Crippen LogP contribution in [0.25, 0.3) is 0 Å². The normalized spacial score (nSPS) is 24.0. The smallest absolute Gasteiger partial charge is 0.226 e. The Labute approximate surface area is 144 Å². The zero-order chi connectivity index (χ0) is 16.8. The van der Waals surface area contributed by atoms with Crippen LogP contribution in [0.2, 0.25) is 0 Å². The van der Waals surface area contributed by atoms with Gasteiger partial charge in [-0.3, -0.25) is 4.79 Å². The maximum absolute atomic E-state index is 13.2. The lowest BCUT2D eigenvalue weighted by Gasteiger charge is -2.36. The van der Waals surface area contributed by atoms with Crippen molar-refractivity contribution in [2.45, 2.75) is 44.6 Å². The predicted octanol–water partition coefficient (Wildman–Crippen LogP) is 3.08. The van der Waals surface area contributed by atoms with Gasteiger partial charge < -0.3 is 19.0 Å². The number of likely N-dealkylation sites (tertiary alicyclic amines) is 2. The Balaban J connectivity index is 1.62. The second-order valence-electron chi connectivity index (χ2n) is 7.02. The van der Waals surface area contributed by atoms with E-state index in [1.807, 2.05) is 12.1 Å². The van der Waals surface area contributed by atoms with Crippen molar-refractivity contribution in [3.8, 4) is 0 Å². The number of furan rings is 1. The van der Waals surface area contributed by atoms with Crippen molar-refractivity contribution >= 4 is 5.91 Å². The summed E-state index contributed by atoms with van der Waals surface area (Å²) in [7, 11) is 1.74. The molecule has 1 aromatic heterocycles. The number of nitrogens with zero attached hydrogens (tertiary/aromatic N) is 2. The minimum atomic E-state index is 0.126. The van der Waals surface area contributed by atoms with Crippen LogP contribution in [0, 0.1) is 5.92 Å². The number of carbonyl (C=O) groups is 1. The summed E-state index contributed by atoms with van der Waals surface area (Å²) in [5.41, 5.74) is 0. The SMILES string of the molecule is COCCN1CCC(C(=O)N2CCCCC[C@H]2c2ccco2)CC1. The fourth-order valence-corrected chi connectivity index (χ4v) is 4.01. The number of rotatable bonds is 5. The van der Waals surface area contributed by atoms with Crippen LogP contribution >= 0.6 is 0 Å². The van der Waals surface area contributed by atoms with Gasteiger partial charge in [-0.05, 0) is 50.9 Å². The lowest BCUT2D eigenvalue weighted by Crippen LogP contribution is -2.44. The van der Waals surface area contributed by atoms with Crippen LogP contribution in [0.1, 0.15) is 50.3 Å². The van der Waals surface area contributed by atoms with Crippen LogP contribution in [0.5, 0.6) is 0 Å². The minimum Gasteiger partial charge on any atom is -0.467 e. The summed E-state index contributed by atoms with van der Waals surface area (Å²) in [4.78, 5) is 17.7. The van der Waals surface area contributed by atoms with E-state index in [2.05, 4.69) is 9.80 Å². The molecule has 1 atom stereocenters. The Morgan fingerprint density at radius 3 is 2.75 bits per heavy atom. The van der Waals surface area contributed by atoms with Crippen LogP contribution < -0.4 is 0 Å².